The maximum absolute atomic E-state index is 12.8. The molecular formula is C28H32N6O4. The number of hydrogen-bond donors (Lipinski definition) is 4. The SMILES string of the molecule is CC(C)(C)OC(=O)N1CCCC2(CNC(=O)c3cc(-c4ccnc(NC(=O)c5cccc(N)c5)c4)[nH]c32)C1. The molecule has 4 heterocycles. The van der Waals surface area contributed by atoms with Crippen molar-refractivity contribution in [1.29, 1.82) is 0 Å². The number of nitrogens with zero attached hydrogens (tertiary/aromatic N) is 2. The molecule has 10 nitrogen and oxygen atoms in total. The van der Waals surface area contributed by atoms with E-state index in [0.717, 1.165) is 29.8 Å². The van der Waals surface area contributed by atoms with Crippen LogP contribution in [0.5, 0.6) is 0 Å². The molecule has 3 amide bonds. The maximum Gasteiger partial charge on any atom is 0.410 e. The molecule has 2 aliphatic heterocycles. The van der Waals surface area contributed by atoms with Gasteiger partial charge in [-0.3, -0.25) is 9.59 Å². The number of ether oxygens (including phenoxy) is 1. The standard InChI is InChI=1S/C28H32N6O4/c1-27(2,3)38-26(37)34-11-5-9-28(16-34)15-31-25(36)20-14-21(32-23(20)28)17-8-10-30-22(13-17)33-24(35)18-6-4-7-19(29)12-18/h4,6-8,10,12-14,32H,5,9,11,15-16,29H2,1-3H3,(H,31,36)(H,30,33,35). The number of H-pyrrole nitrogens is 1. The van der Waals surface area contributed by atoms with Gasteiger partial charge in [-0.15, -0.1) is 0 Å². The fourth-order valence-electron chi connectivity index (χ4n) is 5.14. The number of aromatic nitrogens is 2. The molecule has 1 fully saturated rings. The number of pyridine rings is 1. The monoisotopic (exact) mass is 516 g/mol. The van der Waals surface area contributed by atoms with E-state index in [-0.39, 0.29) is 17.9 Å². The van der Waals surface area contributed by atoms with E-state index in [1.165, 1.54) is 0 Å². The van der Waals surface area contributed by atoms with Crippen LogP contribution in [-0.4, -0.2) is 58.0 Å². The highest BCUT2D eigenvalue weighted by Crippen LogP contribution is 2.40. The molecule has 1 aromatic carbocycles. The van der Waals surface area contributed by atoms with Gasteiger partial charge in [-0.25, -0.2) is 9.78 Å². The van der Waals surface area contributed by atoms with Crippen molar-refractivity contribution >= 4 is 29.4 Å². The number of amides is 3. The summed E-state index contributed by atoms with van der Waals surface area (Å²) in [6, 6.07) is 12.1. The van der Waals surface area contributed by atoms with Crippen molar-refractivity contribution in [3.63, 3.8) is 0 Å². The van der Waals surface area contributed by atoms with E-state index >= 15 is 0 Å². The van der Waals surface area contributed by atoms with E-state index in [4.69, 9.17) is 10.5 Å². The quantitative estimate of drug-likeness (QED) is 0.389. The summed E-state index contributed by atoms with van der Waals surface area (Å²) in [6.07, 6.45) is 2.86. The van der Waals surface area contributed by atoms with Gasteiger partial charge in [0.1, 0.15) is 11.4 Å². The summed E-state index contributed by atoms with van der Waals surface area (Å²) in [4.78, 5) is 47.8. The molecule has 1 atom stereocenters. The van der Waals surface area contributed by atoms with Gasteiger partial charge in [-0.2, -0.15) is 0 Å². The van der Waals surface area contributed by atoms with Gasteiger partial charge in [0, 0.05) is 59.4 Å². The first-order chi connectivity index (χ1) is 18.0. The third-order valence-electron chi connectivity index (χ3n) is 6.87. The highest BCUT2D eigenvalue weighted by molar-refractivity contribution is 6.04. The molecule has 5 rings (SSSR count). The number of anilines is 2. The van der Waals surface area contributed by atoms with E-state index in [2.05, 4.69) is 20.6 Å². The number of benzene rings is 1. The zero-order valence-corrected chi connectivity index (χ0v) is 21.8. The smallest absolute Gasteiger partial charge is 0.410 e. The van der Waals surface area contributed by atoms with Gasteiger partial charge in [-0.05, 0) is 70.0 Å². The fraction of sp³-hybridized carbons (Fsp3) is 0.357. The van der Waals surface area contributed by atoms with Crippen molar-refractivity contribution in [1.82, 2.24) is 20.2 Å². The molecule has 1 saturated heterocycles. The van der Waals surface area contributed by atoms with Crippen molar-refractivity contribution in [2.45, 2.75) is 44.6 Å². The van der Waals surface area contributed by atoms with Gasteiger partial charge in [0.05, 0.1) is 5.56 Å². The van der Waals surface area contributed by atoms with E-state index in [1.807, 2.05) is 32.9 Å². The molecule has 2 aliphatic rings. The van der Waals surface area contributed by atoms with E-state index in [1.54, 1.807) is 41.4 Å². The Balaban J connectivity index is 1.42. The normalized spacial score (nSPS) is 19.0. The van der Waals surface area contributed by atoms with E-state index in [0.29, 0.717) is 42.3 Å². The number of piperidine rings is 1. The summed E-state index contributed by atoms with van der Waals surface area (Å²) in [7, 11) is 0. The van der Waals surface area contributed by atoms with Gasteiger partial charge in [0.2, 0.25) is 0 Å². The van der Waals surface area contributed by atoms with Crippen LogP contribution in [0.3, 0.4) is 0 Å². The average Bonchev–Trinajstić information content (AvgIpc) is 3.34. The topological polar surface area (TPSA) is 142 Å². The van der Waals surface area contributed by atoms with Crippen LogP contribution in [0, 0.1) is 0 Å². The van der Waals surface area contributed by atoms with Gasteiger partial charge >= 0.3 is 6.09 Å². The number of nitrogens with two attached hydrogens (primary N) is 1. The lowest BCUT2D eigenvalue weighted by molar-refractivity contribution is 0.0127. The van der Waals surface area contributed by atoms with Crippen molar-refractivity contribution in [3.8, 4) is 11.3 Å². The summed E-state index contributed by atoms with van der Waals surface area (Å²) >= 11 is 0. The molecule has 3 aromatic rings. The van der Waals surface area contributed by atoms with E-state index < -0.39 is 11.0 Å². The molecule has 1 unspecified atom stereocenters. The second kappa shape index (κ2) is 9.51. The molecule has 198 valence electrons. The molecule has 0 bridgehead atoms. The van der Waals surface area contributed by atoms with Gasteiger partial charge in [-0.1, -0.05) is 6.07 Å². The maximum atomic E-state index is 12.8. The minimum Gasteiger partial charge on any atom is -0.444 e. The Morgan fingerprint density at radius 1 is 1.18 bits per heavy atom. The number of likely N-dealkylation sites (tertiary alicyclic amines) is 1. The molecule has 38 heavy (non-hydrogen) atoms. The van der Waals surface area contributed by atoms with Crippen molar-refractivity contribution in [2.24, 2.45) is 0 Å². The van der Waals surface area contributed by atoms with Gasteiger partial charge < -0.3 is 31.0 Å². The second-order valence-corrected chi connectivity index (χ2v) is 10.9. The van der Waals surface area contributed by atoms with Gasteiger partial charge in [0.25, 0.3) is 11.8 Å². The first kappa shape index (κ1) is 25.3. The largest absolute Gasteiger partial charge is 0.444 e. The number of carbonyl (C=O) groups is 3. The molecule has 10 heteroatoms. The van der Waals surface area contributed by atoms with Crippen molar-refractivity contribution in [2.75, 3.05) is 30.7 Å². The predicted molar refractivity (Wildman–Crippen MR) is 144 cm³/mol. The lowest BCUT2D eigenvalue weighted by atomic mass is 9.74. The first-order valence-corrected chi connectivity index (χ1v) is 12.7. The van der Waals surface area contributed by atoms with Crippen LogP contribution < -0.4 is 16.4 Å². The van der Waals surface area contributed by atoms with Crippen LogP contribution >= 0.6 is 0 Å². The first-order valence-electron chi connectivity index (χ1n) is 12.7. The van der Waals surface area contributed by atoms with Crippen LogP contribution in [-0.2, 0) is 10.2 Å². The Hall–Kier alpha value is -4.34. The molecule has 5 N–H and O–H groups in total. The summed E-state index contributed by atoms with van der Waals surface area (Å²) in [6.45, 7) is 7.02. The summed E-state index contributed by atoms with van der Waals surface area (Å²) in [5, 5.41) is 5.82. The Bertz CT molecular complexity index is 1410. The average molecular weight is 517 g/mol. The number of nitrogen functional groups attached to an aromatic ring is 1. The lowest BCUT2D eigenvalue weighted by Crippen LogP contribution is -2.57. The molecule has 0 aliphatic carbocycles. The summed E-state index contributed by atoms with van der Waals surface area (Å²) < 4.78 is 5.62. The number of aromatic amines is 1. The third kappa shape index (κ3) is 5.06. The van der Waals surface area contributed by atoms with Crippen molar-refractivity contribution < 1.29 is 19.1 Å². The Kier molecular flexibility index (Phi) is 6.34. The van der Waals surface area contributed by atoms with Crippen molar-refractivity contribution in [3.05, 3.63) is 65.5 Å². The molecular weight excluding hydrogens is 484 g/mol. The van der Waals surface area contributed by atoms with E-state index in [9.17, 15) is 14.4 Å². The third-order valence-corrected chi connectivity index (χ3v) is 6.87. The molecule has 1 spiro atoms. The summed E-state index contributed by atoms with van der Waals surface area (Å²) in [5.74, 6) is -0.113. The minimum atomic E-state index is -0.588. The Labute approximate surface area is 221 Å². The molecule has 0 saturated carbocycles. The zero-order valence-electron chi connectivity index (χ0n) is 21.8. The Morgan fingerprint density at radius 3 is 2.76 bits per heavy atom. The van der Waals surface area contributed by atoms with Crippen LogP contribution in [0.4, 0.5) is 16.3 Å². The van der Waals surface area contributed by atoms with Crippen LogP contribution in [0.1, 0.15) is 60.0 Å². The summed E-state index contributed by atoms with van der Waals surface area (Å²) in [5.41, 5.74) is 8.54. The highest BCUT2D eigenvalue weighted by atomic mass is 16.6. The minimum absolute atomic E-state index is 0.160. The van der Waals surface area contributed by atoms with Gasteiger partial charge in [0.15, 0.2) is 0 Å². The fourth-order valence-corrected chi connectivity index (χ4v) is 5.14. The zero-order chi connectivity index (χ0) is 27.1. The second-order valence-electron chi connectivity index (χ2n) is 10.9. The predicted octanol–water partition coefficient (Wildman–Crippen LogP) is 3.92. The highest BCUT2D eigenvalue weighted by Gasteiger charge is 2.45. The number of carbonyl (C=O) groups excluding carboxylic acids is 3. The van der Waals surface area contributed by atoms with Crippen LogP contribution in [0.15, 0.2) is 48.7 Å². The number of nitrogens with one attached hydrogen (secondary N) is 3. The molecule has 2 aromatic heterocycles. The molecule has 0 radical (unpaired) electrons. The number of rotatable bonds is 3. The van der Waals surface area contributed by atoms with Crippen LogP contribution in [0.2, 0.25) is 0 Å². The number of hydrogen-bond acceptors (Lipinski definition) is 6. The number of fused-ring (bicyclic) bond motifs is 2. The lowest BCUT2D eigenvalue weighted by Gasteiger charge is -2.44. The Morgan fingerprint density at radius 2 is 2.00 bits per heavy atom. The van der Waals surface area contributed by atoms with Crippen LogP contribution in [0.25, 0.3) is 11.3 Å².